The summed E-state index contributed by atoms with van der Waals surface area (Å²) >= 11 is 1.73. The molecule has 18 heavy (non-hydrogen) atoms. The summed E-state index contributed by atoms with van der Waals surface area (Å²) in [6.45, 7) is 1.74. The lowest BCUT2D eigenvalue weighted by Crippen LogP contribution is -2.34. The predicted molar refractivity (Wildman–Crippen MR) is 78.1 cm³/mol. The van der Waals surface area contributed by atoms with Crippen LogP contribution in [0.4, 0.5) is 5.13 Å². The minimum absolute atomic E-state index is 0.303. The second kappa shape index (κ2) is 4.86. The zero-order valence-corrected chi connectivity index (χ0v) is 11.3. The fourth-order valence-electron chi connectivity index (χ4n) is 2.79. The minimum Gasteiger partial charge on any atom is -0.361 e. The number of nitrogens with one attached hydrogen (secondary N) is 1. The van der Waals surface area contributed by atoms with E-state index < -0.39 is 0 Å². The summed E-state index contributed by atoms with van der Waals surface area (Å²) in [5.74, 6) is 0. The van der Waals surface area contributed by atoms with Crippen LogP contribution in [0.15, 0.2) is 24.3 Å². The van der Waals surface area contributed by atoms with Crippen molar-refractivity contribution in [3.8, 4) is 0 Å². The Morgan fingerprint density at radius 3 is 2.78 bits per heavy atom. The first-order valence-corrected chi connectivity index (χ1v) is 7.43. The van der Waals surface area contributed by atoms with Gasteiger partial charge in [-0.3, -0.25) is 0 Å². The topological polar surface area (TPSA) is 50.9 Å². The van der Waals surface area contributed by atoms with Crippen LogP contribution in [0.2, 0.25) is 0 Å². The molecule has 3 nitrogen and oxygen atoms in total. The van der Waals surface area contributed by atoms with Gasteiger partial charge in [0, 0.05) is 6.54 Å². The van der Waals surface area contributed by atoms with E-state index in [4.69, 9.17) is 5.73 Å². The van der Waals surface area contributed by atoms with E-state index in [2.05, 4.69) is 28.5 Å². The fraction of sp³-hybridized carbons (Fsp3) is 0.500. The molecule has 0 amide bonds. The van der Waals surface area contributed by atoms with E-state index in [1.54, 1.807) is 11.3 Å². The van der Waals surface area contributed by atoms with Crippen LogP contribution < -0.4 is 11.1 Å². The first-order chi connectivity index (χ1) is 8.81. The second-order valence-electron chi connectivity index (χ2n) is 5.25. The first-order valence-electron chi connectivity index (χ1n) is 6.61. The number of thiazole rings is 1. The predicted octanol–water partition coefficient (Wildman–Crippen LogP) is 3.23. The number of aromatic nitrogens is 1. The Morgan fingerprint density at radius 1 is 1.28 bits per heavy atom. The Morgan fingerprint density at radius 2 is 2.06 bits per heavy atom. The van der Waals surface area contributed by atoms with Gasteiger partial charge in [0.1, 0.15) is 0 Å². The summed E-state index contributed by atoms with van der Waals surface area (Å²) in [4.78, 5) is 4.61. The molecule has 0 radical (unpaired) electrons. The third kappa shape index (κ3) is 2.22. The lowest BCUT2D eigenvalue weighted by molar-refractivity contribution is 0.332. The zero-order chi connectivity index (χ0) is 12.4. The van der Waals surface area contributed by atoms with E-state index >= 15 is 0 Å². The van der Waals surface area contributed by atoms with Crippen LogP contribution in [0.25, 0.3) is 10.2 Å². The van der Waals surface area contributed by atoms with Gasteiger partial charge in [-0.1, -0.05) is 36.3 Å². The van der Waals surface area contributed by atoms with Crippen LogP contribution in [-0.2, 0) is 0 Å². The Labute approximate surface area is 111 Å². The van der Waals surface area contributed by atoms with E-state index in [1.807, 2.05) is 6.07 Å². The number of nitrogens with two attached hydrogens (primary N) is 1. The molecule has 3 rings (SSSR count). The molecule has 0 aliphatic heterocycles. The number of hydrogen-bond donors (Lipinski definition) is 2. The van der Waals surface area contributed by atoms with Crippen molar-refractivity contribution in [3.05, 3.63) is 24.3 Å². The maximum absolute atomic E-state index is 5.95. The van der Waals surface area contributed by atoms with E-state index in [9.17, 15) is 0 Å². The SMILES string of the molecule is NCC1(CNc2nc3ccccc3s2)CCCC1. The van der Waals surface area contributed by atoms with Crippen molar-refractivity contribution in [3.63, 3.8) is 0 Å². The average molecular weight is 261 g/mol. The van der Waals surface area contributed by atoms with Gasteiger partial charge < -0.3 is 11.1 Å². The van der Waals surface area contributed by atoms with Gasteiger partial charge in [0.05, 0.1) is 10.2 Å². The summed E-state index contributed by atoms with van der Waals surface area (Å²) in [6.07, 6.45) is 5.14. The number of hydrogen-bond acceptors (Lipinski definition) is 4. The Balaban J connectivity index is 1.72. The van der Waals surface area contributed by atoms with Gasteiger partial charge in [0.25, 0.3) is 0 Å². The molecule has 1 saturated carbocycles. The maximum atomic E-state index is 5.95. The Bertz CT molecular complexity index is 496. The standard InChI is InChI=1S/C14H19N3S/c15-9-14(7-3-4-8-14)10-16-13-17-11-5-1-2-6-12(11)18-13/h1-2,5-6H,3-4,7-10,15H2,(H,16,17). The van der Waals surface area contributed by atoms with Gasteiger partial charge in [-0.2, -0.15) is 0 Å². The monoisotopic (exact) mass is 261 g/mol. The zero-order valence-electron chi connectivity index (χ0n) is 10.5. The van der Waals surface area contributed by atoms with Gasteiger partial charge in [-0.25, -0.2) is 4.98 Å². The fourth-order valence-corrected chi connectivity index (χ4v) is 3.65. The van der Waals surface area contributed by atoms with Gasteiger partial charge in [-0.15, -0.1) is 0 Å². The van der Waals surface area contributed by atoms with Crippen LogP contribution in [0, 0.1) is 5.41 Å². The number of anilines is 1. The summed E-state index contributed by atoms with van der Waals surface area (Å²) < 4.78 is 1.24. The van der Waals surface area contributed by atoms with Crippen LogP contribution in [0.1, 0.15) is 25.7 Å². The molecule has 1 aromatic heterocycles. The Hall–Kier alpha value is -1.13. The molecule has 0 spiro atoms. The molecule has 0 unspecified atom stereocenters. The number of nitrogens with zero attached hydrogens (tertiary/aromatic N) is 1. The average Bonchev–Trinajstić information content (AvgIpc) is 3.03. The quantitative estimate of drug-likeness (QED) is 0.888. The van der Waals surface area contributed by atoms with Crippen molar-refractivity contribution in [1.29, 1.82) is 0 Å². The summed E-state index contributed by atoms with van der Waals surface area (Å²) in [6, 6.07) is 8.27. The minimum atomic E-state index is 0.303. The van der Waals surface area contributed by atoms with Gasteiger partial charge >= 0.3 is 0 Å². The third-order valence-electron chi connectivity index (χ3n) is 4.01. The molecule has 1 fully saturated rings. The molecule has 3 N–H and O–H groups in total. The van der Waals surface area contributed by atoms with Crippen molar-refractivity contribution >= 4 is 26.7 Å². The van der Waals surface area contributed by atoms with Crippen molar-refractivity contribution in [2.75, 3.05) is 18.4 Å². The molecule has 0 atom stereocenters. The lowest BCUT2D eigenvalue weighted by atomic mass is 9.86. The van der Waals surface area contributed by atoms with E-state index in [0.717, 1.165) is 23.7 Å². The molecule has 4 heteroatoms. The van der Waals surface area contributed by atoms with Crippen molar-refractivity contribution < 1.29 is 0 Å². The number of benzene rings is 1. The van der Waals surface area contributed by atoms with Crippen LogP contribution in [0.3, 0.4) is 0 Å². The number of rotatable bonds is 4. The van der Waals surface area contributed by atoms with Crippen molar-refractivity contribution in [2.45, 2.75) is 25.7 Å². The Kier molecular flexibility index (Phi) is 3.22. The molecule has 0 bridgehead atoms. The molecule has 0 saturated heterocycles. The highest BCUT2D eigenvalue weighted by molar-refractivity contribution is 7.22. The van der Waals surface area contributed by atoms with Gasteiger partial charge in [-0.05, 0) is 36.9 Å². The number of para-hydroxylation sites is 1. The highest BCUT2D eigenvalue weighted by atomic mass is 32.1. The van der Waals surface area contributed by atoms with Crippen LogP contribution in [0.5, 0.6) is 0 Å². The highest BCUT2D eigenvalue weighted by Gasteiger charge is 2.32. The molecule has 96 valence electrons. The molecule has 1 aliphatic rings. The van der Waals surface area contributed by atoms with Gasteiger partial charge in [0.15, 0.2) is 5.13 Å². The van der Waals surface area contributed by atoms with Gasteiger partial charge in [0.2, 0.25) is 0 Å². The normalized spacial score (nSPS) is 18.3. The summed E-state index contributed by atoms with van der Waals surface area (Å²) in [7, 11) is 0. The van der Waals surface area contributed by atoms with E-state index in [-0.39, 0.29) is 0 Å². The van der Waals surface area contributed by atoms with Crippen molar-refractivity contribution in [2.24, 2.45) is 11.1 Å². The smallest absolute Gasteiger partial charge is 0.183 e. The van der Waals surface area contributed by atoms with Crippen LogP contribution >= 0.6 is 11.3 Å². The highest BCUT2D eigenvalue weighted by Crippen LogP contribution is 2.37. The summed E-state index contributed by atoms with van der Waals surface area (Å²) in [5, 5.41) is 4.52. The molecule has 1 aliphatic carbocycles. The van der Waals surface area contributed by atoms with Crippen LogP contribution in [-0.4, -0.2) is 18.1 Å². The molecule has 1 aromatic carbocycles. The van der Waals surface area contributed by atoms with E-state index in [0.29, 0.717) is 5.41 Å². The molecular formula is C14H19N3S. The summed E-state index contributed by atoms with van der Waals surface area (Å²) in [5.41, 5.74) is 7.34. The maximum Gasteiger partial charge on any atom is 0.183 e. The largest absolute Gasteiger partial charge is 0.361 e. The molecular weight excluding hydrogens is 242 g/mol. The van der Waals surface area contributed by atoms with Crippen molar-refractivity contribution in [1.82, 2.24) is 4.98 Å². The molecule has 2 aromatic rings. The third-order valence-corrected chi connectivity index (χ3v) is 5.00. The van der Waals surface area contributed by atoms with E-state index in [1.165, 1.54) is 30.4 Å². The molecule has 1 heterocycles. The first kappa shape index (κ1) is 11.9. The second-order valence-corrected chi connectivity index (χ2v) is 6.28. The lowest BCUT2D eigenvalue weighted by Gasteiger charge is -2.27. The number of fused-ring (bicyclic) bond motifs is 1.